The Labute approximate surface area is 145 Å². The van der Waals surface area contributed by atoms with Gasteiger partial charge in [-0.1, -0.05) is 6.07 Å². The van der Waals surface area contributed by atoms with Crippen LogP contribution in [0.25, 0.3) is 5.65 Å². The first-order chi connectivity index (χ1) is 12.1. The molecule has 4 heterocycles. The van der Waals surface area contributed by atoms with Gasteiger partial charge in [-0.25, -0.2) is 15.0 Å². The van der Waals surface area contributed by atoms with Crippen LogP contribution in [0.3, 0.4) is 0 Å². The highest BCUT2D eigenvalue weighted by Crippen LogP contribution is 2.22. The number of hydrogen-bond acceptors (Lipinski definition) is 5. The molecule has 0 radical (unpaired) electrons. The maximum absolute atomic E-state index is 12.9. The number of fused-ring (bicyclic) bond motifs is 1. The van der Waals surface area contributed by atoms with Crippen molar-refractivity contribution in [3.05, 3.63) is 59.6 Å². The molecule has 0 aromatic carbocycles. The number of aromatic nitrogens is 4. The van der Waals surface area contributed by atoms with Crippen LogP contribution in [0.4, 0.5) is 0 Å². The molecule has 1 fully saturated rings. The Morgan fingerprint density at radius 3 is 2.92 bits per heavy atom. The van der Waals surface area contributed by atoms with Crippen molar-refractivity contribution in [2.75, 3.05) is 19.7 Å². The number of nitrogens with zero attached hydrogens (tertiary/aromatic N) is 5. The normalized spacial score (nSPS) is 17.8. The van der Waals surface area contributed by atoms with E-state index in [1.807, 2.05) is 42.5 Å². The Balaban J connectivity index is 1.57. The van der Waals surface area contributed by atoms with Gasteiger partial charge in [-0.05, 0) is 32.0 Å². The number of amides is 1. The van der Waals surface area contributed by atoms with Gasteiger partial charge in [0, 0.05) is 24.6 Å². The van der Waals surface area contributed by atoms with Crippen molar-refractivity contribution < 1.29 is 9.53 Å². The van der Waals surface area contributed by atoms with Gasteiger partial charge in [-0.15, -0.1) is 0 Å². The zero-order valence-electron chi connectivity index (χ0n) is 14.2. The van der Waals surface area contributed by atoms with Crippen LogP contribution in [0.1, 0.15) is 33.8 Å². The molecule has 25 heavy (non-hydrogen) atoms. The van der Waals surface area contributed by atoms with Crippen LogP contribution in [0.15, 0.2) is 36.7 Å². The van der Waals surface area contributed by atoms with E-state index in [9.17, 15) is 4.79 Å². The van der Waals surface area contributed by atoms with Crippen molar-refractivity contribution >= 4 is 11.6 Å². The molecule has 3 aromatic heterocycles. The van der Waals surface area contributed by atoms with Gasteiger partial charge in [0.1, 0.15) is 23.3 Å². The van der Waals surface area contributed by atoms with Gasteiger partial charge < -0.3 is 14.0 Å². The lowest BCUT2D eigenvalue weighted by molar-refractivity contribution is -0.0250. The van der Waals surface area contributed by atoms with Gasteiger partial charge in [-0.2, -0.15) is 0 Å². The third-order valence-corrected chi connectivity index (χ3v) is 4.40. The summed E-state index contributed by atoms with van der Waals surface area (Å²) < 4.78 is 7.73. The van der Waals surface area contributed by atoms with Crippen LogP contribution in [0.5, 0.6) is 0 Å². The Hall–Kier alpha value is -2.80. The van der Waals surface area contributed by atoms with Crippen molar-refractivity contribution in [3.8, 4) is 0 Å². The fraction of sp³-hybridized carbons (Fsp3) is 0.333. The monoisotopic (exact) mass is 337 g/mol. The predicted octanol–water partition coefficient (Wildman–Crippen LogP) is 1.95. The van der Waals surface area contributed by atoms with Gasteiger partial charge >= 0.3 is 0 Å². The first kappa shape index (κ1) is 15.7. The second-order valence-corrected chi connectivity index (χ2v) is 6.16. The number of ether oxygens (including phenoxy) is 1. The highest BCUT2D eigenvalue weighted by atomic mass is 16.5. The van der Waals surface area contributed by atoms with Crippen LogP contribution in [0, 0.1) is 13.8 Å². The van der Waals surface area contributed by atoms with Gasteiger partial charge in [0.05, 0.1) is 18.8 Å². The lowest BCUT2D eigenvalue weighted by Gasteiger charge is -2.32. The van der Waals surface area contributed by atoms with Gasteiger partial charge in [0.2, 0.25) is 0 Å². The van der Waals surface area contributed by atoms with E-state index in [4.69, 9.17) is 4.74 Å². The first-order valence-electron chi connectivity index (χ1n) is 8.27. The molecule has 1 atom stereocenters. The second-order valence-electron chi connectivity index (χ2n) is 6.16. The quantitative estimate of drug-likeness (QED) is 0.715. The molecule has 1 saturated heterocycles. The summed E-state index contributed by atoms with van der Waals surface area (Å²) in [5.41, 5.74) is 3.07. The summed E-state index contributed by atoms with van der Waals surface area (Å²) in [7, 11) is 0. The summed E-state index contributed by atoms with van der Waals surface area (Å²) in [6.07, 6.45) is 3.28. The van der Waals surface area contributed by atoms with Gasteiger partial charge in [0.25, 0.3) is 5.91 Å². The standard InChI is InChI=1S/C18H19N5O2/c1-12-4-3-5-17-21-15(10-23(12)17)18(24)22-8-9-25-16(11-22)14-6-7-19-13(2)20-14/h3-7,10,16H,8-9,11H2,1-2H3/t16-/m0/s1. The molecule has 0 N–H and O–H groups in total. The Morgan fingerprint density at radius 1 is 1.24 bits per heavy atom. The summed E-state index contributed by atoms with van der Waals surface area (Å²) in [6, 6.07) is 7.66. The molecular weight excluding hydrogens is 318 g/mol. The van der Waals surface area contributed by atoms with Crippen LogP contribution in [-0.4, -0.2) is 49.9 Å². The minimum Gasteiger partial charge on any atom is -0.368 e. The van der Waals surface area contributed by atoms with E-state index in [2.05, 4.69) is 15.0 Å². The fourth-order valence-electron chi connectivity index (χ4n) is 3.08. The predicted molar refractivity (Wildman–Crippen MR) is 91.3 cm³/mol. The smallest absolute Gasteiger partial charge is 0.274 e. The molecule has 1 amide bonds. The molecule has 0 bridgehead atoms. The Kier molecular flexibility index (Phi) is 3.93. The maximum atomic E-state index is 12.9. The second kappa shape index (κ2) is 6.25. The molecule has 0 unspecified atom stereocenters. The number of imidazole rings is 1. The van der Waals surface area contributed by atoms with Crippen LogP contribution in [0.2, 0.25) is 0 Å². The van der Waals surface area contributed by atoms with E-state index >= 15 is 0 Å². The fourth-order valence-corrected chi connectivity index (χ4v) is 3.08. The molecule has 1 aliphatic heterocycles. The van der Waals surface area contributed by atoms with Crippen LogP contribution in [-0.2, 0) is 4.74 Å². The number of rotatable bonds is 2. The highest BCUT2D eigenvalue weighted by molar-refractivity contribution is 5.93. The molecule has 1 aliphatic rings. The Morgan fingerprint density at radius 2 is 2.12 bits per heavy atom. The molecule has 0 spiro atoms. The van der Waals surface area contributed by atoms with E-state index in [0.717, 1.165) is 17.0 Å². The Bertz CT molecular complexity index is 936. The van der Waals surface area contributed by atoms with E-state index < -0.39 is 0 Å². The number of aryl methyl sites for hydroxylation is 2. The molecular formula is C18H19N5O2. The van der Waals surface area contributed by atoms with Gasteiger partial charge in [-0.3, -0.25) is 4.79 Å². The first-order valence-corrected chi connectivity index (χ1v) is 8.27. The number of pyridine rings is 1. The summed E-state index contributed by atoms with van der Waals surface area (Å²) in [4.78, 5) is 27.7. The largest absolute Gasteiger partial charge is 0.368 e. The van der Waals surface area contributed by atoms with Crippen molar-refractivity contribution in [2.24, 2.45) is 0 Å². The average molecular weight is 337 g/mol. The molecule has 3 aromatic rings. The number of carbonyl (C=O) groups is 1. The molecule has 0 saturated carbocycles. The molecule has 7 nitrogen and oxygen atoms in total. The number of carbonyl (C=O) groups excluding carboxylic acids is 1. The van der Waals surface area contributed by atoms with Crippen LogP contribution < -0.4 is 0 Å². The van der Waals surface area contributed by atoms with Crippen molar-refractivity contribution in [1.29, 1.82) is 0 Å². The lowest BCUT2D eigenvalue weighted by atomic mass is 10.2. The minimum atomic E-state index is -0.238. The van der Waals surface area contributed by atoms with E-state index in [1.165, 1.54) is 0 Å². The summed E-state index contributed by atoms with van der Waals surface area (Å²) in [5, 5.41) is 0. The van der Waals surface area contributed by atoms with E-state index in [1.54, 1.807) is 17.3 Å². The highest BCUT2D eigenvalue weighted by Gasteiger charge is 2.28. The molecule has 128 valence electrons. The molecule has 4 rings (SSSR count). The third-order valence-electron chi connectivity index (χ3n) is 4.40. The molecule has 0 aliphatic carbocycles. The average Bonchev–Trinajstić information content (AvgIpc) is 3.07. The summed E-state index contributed by atoms with van der Waals surface area (Å²) in [6.45, 7) is 5.32. The molecule has 7 heteroatoms. The number of hydrogen-bond donors (Lipinski definition) is 0. The van der Waals surface area contributed by atoms with E-state index in [0.29, 0.717) is 31.2 Å². The zero-order valence-corrected chi connectivity index (χ0v) is 14.2. The topological polar surface area (TPSA) is 72.6 Å². The maximum Gasteiger partial charge on any atom is 0.274 e. The summed E-state index contributed by atoms with van der Waals surface area (Å²) in [5.74, 6) is 0.613. The lowest BCUT2D eigenvalue weighted by Crippen LogP contribution is -2.42. The minimum absolute atomic E-state index is 0.0813. The summed E-state index contributed by atoms with van der Waals surface area (Å²) >= 11 is 0. The van der Waals surface area contributed by atoms with Gasteiger partial charge in [0.15, 0.2) is 0 Å². The van der Waals surface area contributed by atoms with Crippen molar-refractivity contribution in [2.45, 2.75) is 20.0 Å². The van der Waals surface area contributed by atoms with Crippen molar-refractivity contribution in [3.63, 3.8) is 0 Å². The van der Waals surface area contributed by atoms with Crippen LogP contribution >= 0.6 is 0 Å². The van der Waals surface area contributed by atoms with E-state index in [-0.39, 0.29) is 12.0 Å². The number of morpholine rings is 1. The van der Waals surface area contributed by atoms with Crippen molar-refractivity contribution in [1.82, 2.24) is 24.3 Å². The SMILES string of the molecule is Cc1nccc([C@@H]2CN(C(=O)c3cn4c(C)cccc4n3)CCO2)n1. The zero-order chi connectivity index (χ0) is 17.4. The third kappa shape index (κ3) is 2.98.